The summed E-state index contributed by atoms with van der Waals surface area (Å²) in [4.78, 5) is 12.2. The quantitative estimate of drug-likeness (QED) is 0.465. The van der Waals surface area contributed by atoms with Gasteiger partial charge in [-0.1, -0.05) is 43.6 Å². The number of halogens is 4. The fraction of sp³-hybridized carbons (Fsp3) is 0.708. The minimum atomic E-state index is -4.59. The molecule has 4 aliphatic rings. The number of alkyl halides is 4. The van der Waals surface area contributed by atoms with E-state index in [1.54, 1.807) is 0 Å². The number of fused-ring (bicyclic) bond motifs is 3. The Morgan fingerprint density at radius 2 is 1.91 bits per heavy atom. The highest BCUT2D eigenvalue weighted by Gasteiger charge is 2.69. The van der Waals surface area contributed by atoms with Crippen molar-refractivity contribution in [3.63, 3.8) is 0 Å². The van der Waals surface area contributed by atoms with Gasteiger partial charge in [-0.05, 0) is 36.7 Å². The summed E-state index contributed by atoms with van der Waals surface area (Å²) >= 11 is 3.70. The molecule has 5 rings (SSSR count). The maximum absolute atomic E-state index is 14.2. The highest BCUT2D eigenvalue weighted by Crippen LogP contribution is 2.67. The van der Waals surface area contributed by atoms with E-state index in [9.17, 15) is 23.1 Å². The third kappa shape index (κ3) is 2.68. The Morgan fingerprint density at radius 3 is 2.56 bits per heavy atom. The minimum absolute atomic E-state index is 0.0467. The van der Waals surface area contributed by atoms with Crippen LogP contribution in [0.1, 0.15) is 74.0 Å². The van der Waals surface area contributed by atoms with Gasteiger partial charge in [0.05, 0.1) is 11.7 Å². The third-order valence-electron chi connectivity index (χ3n) is 9.26. The van der Waals surface area contributed by atoms with Crippen molar-refractivity contribution in [2.24, 2.45) is 22.7 Å². The molecule has 2 aliphatic heterocycles. The number of rotatable bonds is 0. The Bertz CT molecular complexity index is 1010. The Kier molecular flexibility index (Phi) is 4.68. The van der Waals surface area contributed by atoms with Gasteiger partial charge in [0.25, 0.3) is 5.91 Å². The zero-order chi connectivity index (χ0) is 23.4. The number of carbonyl (C=O) groups is 1. The van der Waals surface area contributed by atoms with Crippen LogP contribution in [0.4, 0.5) is 13.2 Å². The van der Waals surface area contributed by atoms with Crippen molar-refractivity contribution in [1.82, 2.24) is 5.32 Å². The van der Waals surface area contributed by atoms with Crippen molar-refractivity contribution in [2.75, 3.05) is 0 Å². The standard InChI is InChI=1S/C24H29BrF3NO3/c1-11-5-6-17-21(2,3)19(25)16(30)9-23(17)22(11,4)8-13-15(24(26,27)28)7-12-14(18(13)32-23)10-29-20(12)31/h7,11,16-17,19,30H,5-6,8-10H2,1-4H3,(H,29,31)/t11-,16+,17-,19-,22+,23-/m0/s1. The SMILES string of the molecule is C[C@H]1CC[C@H]2C(C)(C)[C@@H](Br)[C@H](O)C[C@]23Oc2c4c(cc(C(F)(F)F)c2C[C@]13C)C(=O)NC4. The molecule has 8 heteroatoms. The van der Waals surface area contributed by atoms with Crippen LogP contribution < -0.4 is 10.1 Å². The molecule has 6 atom stereocenters. The van der Waals surface area contributed by atoms with E-state index < -0.39 is 34.8 Å². The van der Waals surface area contributed by atoms with Crippen molar-refractivity contribution in [1.29, 1.82) is 0 Å². The highest BCUT2D eigenvalue weighted by atomic mass is 79.9. The van der Waals surface area contributed by atoms with Crippen LogP contribution in [0.25, 0.3) is 0 Å². The Morgan fingerprint density at radius 1 is 1.22 bits per heavy atom. The molecule has 0 aromatic heterocycles. The molecule has 32 heavy (non-hydrogen) atoms. The molecule has 4 nitrogen and oxygen atoms in total. The minimum Gasteiger partial charge on any atom is -0.486 e. The van der Waals surface area contributed by atoms with Crippen molar-refractivity contribution >= 4 is 21.8 Å². The van der Waals surface area contributed by atoms with Gasteiger partial charge in [-0.3, -0.25) is 4.79 Å². The van der Waals surface area contributed by atoms with E-state index in [4.69, 9.17) is 4.74 Å². The molecule has 2 aliphatic carbocycles. The number of aliphatic hydroxyl groups excluding tert-OH is 1. The zero-order valence-electron chi connectivity index (χ0n) is 18.7. The lowest BCUT2D eigenvalue weighted by molar-refractivity contribution is -0.228. The lowest BCUT2D eigenvalue weighted by Crippen LogP contribution is -2.72. The van der Waals surface area contributed by atoms with Crippen LogP contribution in [-0.2, 0) is 19.1 Å². The number of aliphatic hydroxyl groups is 1. The maximum Gasteiger partial charge on any atom is 0.416 e. The molecule has 0 radical (unpaired) electrons. The van der Waals surface area contributed by atoms with E-state index in [0.717, 1.165) is 18.9 Å². The molecule has 1 aromatic rings. The van der Waals surface area contributed by atoms with Crippen LogP contribution in [0.5, 0.6) is 5.75 Å². The van der Waals surface area contributed by atoms with Gasteiger partial charge in [0.2, 0.25) is 0 Å². The van der Waals surface area contributed by atoms with E-state index in [1.807, 2.05) is 6.92 Å². The summed E-state index contributed by atoms with van der Waals surface area (Å²) in [6.07, 6.45) is -2.93. The van der Waals surface area contributed by atoms with Crippen LogP contribution in [0.3, 0.4) is 0 Å². The van der Waals surface area contributed by atoms with E-state index in [0.29, 0.717) is 12.0 Å². The number of carbonyl (C=O) groups excluding carboxylic acids is 1. The molecular weight excluding hydrogens is 487 g/mol. The Labute approximate surface area is 194 Å². The van der Waals surface area contributed by atoms with Crippen LogP contribution in [0.2, 0.25) is 0 Å². The van der Waals surface area contributed by atoms with Gasteiger partial charge in [-0.2, -0.15) is 13.2 Å². The summed E-state index contributed by atoms with van der Waals surface area (Å²) in [6, 6.07) is 1.00. The first-order chi connectivity index (χ1) is 14.7. The first-order valence-electron chi connectivity index (χ1n) is 11.3. The van der Waals surface area contributed by atoms with Crippen LogP contribution in [0, 0.1) is 22.7 Å². The topological polar surface area (TPSA) is 58.6 Å². The molecule has 2 heterocycles. The zero-order valence-corrected chi connectivity index (χ0v) is 20.3. The molecule has 1 amide bonds. The molecule has 1 aromatic carbocycles. The summed E-state index contributed by atoms with van der Waals surface area (Å²) < 4.78 is 49.3. The second-order valence-corrected chi connectivity index (χ2v) is 12.0. The highest BCUT2D eigenvalue weighted by molar-refractivity contribution is 9.09. The Hall–Kier alpha value is -1.28. The molecular formula is C24H29BrF3NO3. The lowest BCUT2D eigenvalue weighted by Gasteiger charge is -2.67. The molecule has 0 unspecified atom stereocenters. The van der Waals surface area contributed by atoms with Crippen LogP contribution in [0.15, 0.2) is 6.07 Å². The number of hydrogen-bond donors (Lipinski definition) is 2. The van der Waals surface area contributed by atoms with Gasteiger partial charge in [-0.25, -0.2) is 0 Å². The number of amides is 1. The van der Waals surface area contributed by atoms with Gasteiger partial charge in [-0.15, -0.1) is 0 Å². The fourth-order valence-corrected chi connectivity index (χ4v) is 7.78. The fourth-order valence-electron chi connectivity index (χ4n) is 7.28. The van der Waals surface area contributed by atoms with Gasteiger partial charge < -0.3 is 15.2 Å². The smallest absolute Gasteiger partial charge is 0.416 e. The second kappa shape index (κ2) is 6.65. The molecule has 1 spiro atoms. The molecule has 2 N–H and O–H groups in total. The summed E-state index contributed by atoms with van der Waals surface area (Å²) in [5.41, 5.74) is -1.78. The summed E-state index contributed by atoms with van der Waals surface area (Å²) in [6.45, 7) is 8.52. The third-order valence-corrected chi connectivity index (χ3v) is 11.0. The normalized spacial score (nSPS) is 39.8. The number of nitrogens with one attached hydrogen (secondary N) is 1. The molecule has 176 valence electrons. The first-order valence-corrected chi connectivity index (χ1v) is 12.2. The summed E-state index contributed by atoms with van der Waals surface area (Å²) in [7, 11) is 0. The average molecular weight is 516 g/mol. The summed E-state index contributed by atoms with van der Waals surface area (Å²) in [5, 5.41) is 13.7. The molecule has 0 bridgehead atoms. The predicted octanol–water partition coefficient (Wildman–Crippen LogP) is 5.23. The first kappa shape index (κ1) is 22.5. The van der Waals surface area contributed by atoms with Gasteiger partial charge in [0.1, 0.15) is 11.4 Å². The lowest BCUT2D eigenvalue weighted by atomic mass is 9.43. The number of hydrogen-bond acceptors (Lipinski definition) is 3. The van der Waals surface area contributed by atoms with Crippen LogP contribution >= 0.6 is 15.9 Å². The Balaban J connectivity index is 1.79. The van der Waals surface area contributed by atoms with Crippen molar-refractivity contribution in [2.45, 2.75) is 82.6 Å². The average Bonchev–Trinajstić information content (AvgIpc) is 3.06. The van der Waals surface area contributed by atoms with E-state index in [1.165, 1.54) is 0 Å². The van der Waals surface area contributed by atoms with Gasteiger partial charge in [0.15, 0.2) is 0 Å². The molecule has 0 saturated heterocycles. The molecule has 2 saturated carbocycles. The van der Waals surface area contributed by atoms with Gasteiger partial charge in [0, 0.05) is 45.8 Å². The van der Waals surface area contributed by atoms with Crippen LogP contribution in [-0.4, -0.2) is 27.5 Å². The largest absolute Gasteiger partial charge is 0.486 e. The monoisotopic (exact) mass is 515 g/mol. The second-order valence-electron chi connectivity index (χ2n) is 11.0. The van der Waals surface area contributed by atoms with E-state index in [-0.39, 0.29) is 51.9 Å². The van der Waals surface area contributed by atoms with Crippen molar-refractivity contribution in [3.8, 4) is 5.75 Å². The summed E-state index contributed by atoms with van der Waals surface area (Å²) in [5.74, 6) is -0.121. The van der Waals surface area contributed by atoms with Crippen molar-refractivity contribution in [3.05, 3.63) is 28.3 Å². The van der Waals surface area contributed by atoms with Gasteiger partial charge >= 0.3 is 6.18 Å². The number of ether oxygens (including phenoxy) is 1. The van der Waals surface area contributed by atoms with E-state index >= 15 is 0 Å². The molecule has 2 fully saturated rings. The van der Waals surface area contributed by atoms with Crippen molar-refractivity contribution < 1.29 is 27.8 Å². The predicted molar refractivity (Wildman–Crippen MR) is 117 cm³/mol. The van der Waals surface area contributed by atoms with E-state index in [2.05, 4.69) is 42.0 Å². The maximum atomic E-state index is 14.2. The number of benzene rings is 1.